The molecule has 0 aromatic heterocycles. The number of urea groups is 1. The van der Waals surface area contributed by atoms with Crippen molar-refractivity contribution < 1.29 is 24.2 Å². The molecule has 0 fully saturated rings. The molecule has 1 aliphatic rings. The standard InChI is InChI=1S/C14H22N2O5/c1-14(2,3)10-4-6-16(7-5-10)13(20)15-11(17)8-21-9-12(18)19/h4H,5-9H2,1-3H3,(H,18,19)(H,15,17,20). The highest BCUT2D eigenvalue weighted by molar-refractivity contribution is 5.95. The number of hydrogen-bond acceptors (Lipinski definition) is 4. The summed E-state index contributed by atoms with van der Waals surface area (Å²) in [5.74, 6) is -1.81. The lowest BCUT2D eigenvalue weighted by molar-refractivity contribution is -0.143. The van der Waals surface area contributed by atoms with E-state index in [4.69, 9.17) is 5.11 Å². The third kappa shape index (κ3) is 5.95. The fourth-order valence-electron chi connectivity index (χ4n) is 2.00. The average Bonchev–Trinajstić information content (AvgIpc) is 2.37. The smallest absolute Gasteiger partial charge is 0.329 e. The highest BCUT2D eigenvalue weighted by Gasteiger charge is 2.24. The molecule has 0 saturated heterocycles. The topological polar surface area (TPSA) is 95.9 Å². The second kappa shape index (κ2) is 7.21. The molecule has 1 rings (SSSR count). The van der Waals surface area contributed by atoms with E-state index < -0.39 is 31.1 Å². The van der Waals surface area contributed by atoms with Crippen molar-refractivity contribution in [2.24, 2.45) is 5.41 Å². The Morgan fingerprint density at radius 2 is 2.00 bits per heavy atom. The number of carbonyl (C=O) groups excluding carboxylic acids is 2. The summed E-state index contributed by atoms with van der Waals surface area (Å²) in [6, 6.07) is -0.483. The van der Waals surface area contributed by atoms with E-state index in [9.17, 15) is 14.4 Å². The molecule has 0 aliphatic carbocycles. The van der Waals surface area contributed by atoms with Crippen LogP contribution in [0.1, 0.15) is 27.2 Å². The van der Waals surface area contributed by atoms with Gasteiger partial charge in [-0.05, 0) is 11.8 Å². The molecule has 3 amide bonds. The minimum atomic E-state index is -1.16. The molecule has 0 bridgehead atoms. The van der Waals surface area contributed by atoms with E-state index in [0.717, 1.165) is 6.42 Å². The molecule has 0 radical (unpaired) electrons. The fraction of sp³-hybridized carbons (Fsp3) is 0.643. The van der Waals surface area contributed by atoms with E-state index in [2.05, 4.69) is 30.8 Å². The van der Waals surface area contributed by atoms with Gasteiger partial charge < -0.3 is 14.7 Å². The normalized spacial score (nSPS) is 15.4. The molecule has 2 N–H and O–H groups in total. The Morgan fingerprint density at radius 1 is 1.33 bits per heavy atom. The maximum atomic E-state index is 11.9. The zero-order valence-corrected chi connectivity index (χ0v) is 12.6. The summed E-state index contributed by atoms with van der Waals surface area (Å²) < 4.78 is 4.61. The predicted molar refractivity (Wildman–Crippen MR) is 75.7 cm³/mol. The van der Waals surface area contributed by atoms with Crippen LogP contribution in [-0.4, -0.2) is 54.2 Å². The zero-order valence-electron chi connectivity index (χ0n) is 12.6. The quantitative estimate of drug-likeness (QED) is 0.755. The summed E-state index contributed by atoms with van der Waals surface area (Å²) in [6.45, 7) is 6.37. The van der Waals surface area contributed by atoms with E-state index in [1.807, 2.05) is 6.08 Å². The van der Waals surface area contributed by atoms with E-state index in [1.54, 1.807) is 0 Å². The van der Waals surface area contributed by atoms with Crippen molar-refractivity contribution in [2.45, 2.75) is 27.2 Å². The Morgan fingerprint density at radius 3 is 2.48 bits per heavy atom. The molecule has 7 nitrogen and oxygen atoms in total. The molecule has 1 aliphatic heterocycles. The van der Waals surface area contributed by atoms with Gasteiger partial charge >= 0.3 is 12.0 Å². The highest BCUT2D eigenvalue weighted by atomic mass is 16.5. The fourth-order valence-corrected chi connectivity index (χ4v) is 2.00. The number of aliphatic carboxylic acids is 1. The monoisotopic (exact) mass is 298 g/mol. The number of rotatable bonds is 4. The van der Waals surface area contributed by atoms with Crippen molar-refractivity contribution >= 4 is 17.9 Å². The van der Waals surface area contributed by atoms with E-state index in [0.29, 0.717) is 13.1 Å². The van der Waals surface area contributed by atoms with Gasteiger partial charge in [0, 0.05) is 13.1 Å². The average molecular weight is 298 g/mol. The van der Waals surface area contributed by atoms with E-state index in [-0.39, 0.29) is 5.41 Å². The van der Waals surface area contributed by atoms with E-state index in [1.165, 1.54) is 10.5 Å². The van der Waals surface area contributed by atoms with Gasteiger partial charge in [-0.25, -0.2) is 9.59 Å². The number of carboxylic acid groups (broad SMARTS) is 1. The third-order valence-corrected chi connectivity index (χ3v) is 3.16. The first-order valence-electron chi connectivity index (χ1n) is 6.78. The Bertz CT molecular complexity index is 451. The lowest BCUT2D eigenvalue weighted by Crippen LogP contribution is -2.46. The number of nitrogens with zero attached hydrogens (tertiary/aromatic N) is 1. The summed E-state index contributed by atoms with van der Waals surface area (Å²) in [5, 5.41) is 10.5. The number of amides is 3. The van der Waals surface area contributed by atoms with Crippen LogP contribution in [-0.2, 0) is 14.3 Å². The van der Waals surface area contributed by atoms with Gasteiger partial charge in [0.05, 0.1) is 0 Å². The molecule has 0 atom stereocenters. The van der Waals surface area contributed by atoms with Crippen LogP contribution >= 0.6 is 0 Å². The van der Waals surface area contributed by atoms with E-state index >= 15 is 0 Å². The first-order chi connectivity index (χ1) is 9.70. The summed E-state index contributed by atoms with van der Waals surface area (Å²) in [4.78, 5) is 35.0. The lowest BCUT2D eigenvalue weighted by Gasteiger charge is -2.32. The van der Waals surface area contributed by atoms with Crippen LogP contribution in [0.15, 0.2) is 11.6 Å². The van der Waals surface area contributed by atoms with Crippen LogP contribution in [0.4, 0.5) is 4.79 Å². The molecule has 7 heteroatoms. The molecule has 0 saturated carbocycles. The van der Waals surface area contributed by atoms with Gasteiger partial charge in [-0.3, -0.25) is 10.1 Å². The molecule has 21 heavy (non-hydrogen) atoms. The number of hydrogen-bond donors (Lipinski definition) is 2. The number of carbonyl (C=O) groups is 3. The van der Waals surface area contributed by atoms with Crippen LogP contribution < -0.4 is 5.32 Å². The van der Waals surface area contributed by atoms with Crippen LogP contribution in [0, 0.1) is 5.41 Å². The van der Waals surface area contributed by atoms with Crippen molar-refractivity contribution in [3.63, 3.8) is 0 Å². The number of imide groups is 1. The minimum Gasteiger partial charge on any atom is -0.480 e. The number of carboxylic acids is 1. The summed E-state index contributed by atoms with van der Waals surface area (Å²) in [6.07, 6.45) is 2.79. The first kappa shape index (κ1) is 17.2. The Hall–Kier alpha value is -1.89. The van der Waals surface area contributed by atoms with Gasteiger partial charge in [-0.1, -0.05) is 32.4 Å². The Kier molecular flexibility index (Phi) is 5.90. The van der Waals surface area contributed by atoms with Crippen molar-refractivity contribution in [3.8, 4) is 0 Å². The van der Waals surface area contributed by atoms with Gasteiger partial charge in [0.25, 0.3) is 5.91 Å². The molecule has 1 heterocycles. The Balaban J connectivity index is 2.39. The summed E-state index contributed by atoms with van der Waals surface area (Å²) in [7, 11) is 0. The van der Waals surface area contributed by atoms with Gasteiger partial charge in [0.2, 0.25) is 0 Å². The first-order valence-corrected chi connectivity index (χ1v) is 6.78. The molecule has 0 aromatic rings. The SMILES string of the molecule is CC(C)(C)C1=CCN(C(=O)NC(=O)COCC(=O)O)CC1. The van der Waals surface area contributed by atoms with Crippen LogP contribution in [0.5, 0.6) is 0 Å². The van der Waals surface area contributed by atoms with Crippen molar-refractivity contribution in [1.82, 2.24) is 10.2 Å². The maximum Gasteiger partial charge on any atom is 0.329 e. The second-order valence-corrected chi connectivity index (χ2v) is 5.92. The Labute approximate surface area is 123 Å². The largest absolute Gasteiger partial charge is 0.480 e. The number of nitrogens with one attached hydrogen (secondary N) is 1. The molecule has 0 aromatic carbocycles. The third-order valence-electron chi connectivity index (χ3n) is 3.16. The van der Waals surface area contributed by atoms with Gasteiger partial charge in [-0.15, -0.1) is 0 Å². The zero-order chi connectivity index (χ0) is 16.0. The molecule has 0 spiro atoms. The van der Waals surface area contributed by atoms with Crippen LogP contribution in [0.25, 0.3) is 0 Å². The summed E-state index contributed by atoms with van der Waals surface area (Å²) >= 11 is 0. The van der Waals surface area contributed by atoms with Crippen LogP contribution in [0.2, 0.25) is 0 Å². The van der Waals surface area contributed by atoms with Crippen molar-refractivity contribution in [3.05, 3.63) is 11.6 Å². The van der Waals surface area contributed by atoms with Crippen molar-refractivity contribution in [2.75, 3.05) is 26.3 Å². The van der Waals surface area contributed by atoms with Gasteiger partial charge in [0.1, 0.15) is 13.2 Å². The molecular formula is C14H22N2O5. The summed E-state index contributed by atoms with van der Waals surface area (Å²) in [5.41, 5.74) is 1.38. The minimum absolute atomic E-state index is 0.0864. The molecule has 0 unspecified atom stereocenters. The maximum absolute atomic E-state index is 11.9. The lowest BCUT2D eigenvalue weighted by atomic mass is 9.83. The molecule has 118 valence electrons. The molecular weight excluding hydrogens is 276 g/mol. The predicted octanol–water partition coefficient (Wildman–Crippen LogP) is 1.00. The van der Waals surface area contributed by atoms with Gasteiger partial charge in [-0.2, -0.15) is 0 Å². The van der Waals surface area contributed by atoms with Crippen LogP contribution in [0.3, 0.4) is 0 Å². The van der Waals surface area contributed by atoms with Gasteiger partial charge in [0.15, 0.2) is 0 Å². The van der Waals surface area contributed by atoms with Crippen molar-refractivity contribution in [1.29, 1.82) is 0 Å². The number of ether oxygens (including phenoxy) is 1. The highest BCUT2D eigenvalue weighted by Crippen LogP contribution is 2.29. The second-order valence-electron chi connectivity index (χ2n) is 5.92.